The van der Waals surface area contributed by atoms with Crippen molar-refractivity contribution in [2.75, 3.05) is 44.9 Å². The minimum Gasteiger partial charge on any atom is -0.461 e. The highest BCUT2D eigenvalue weighted by Gasteiger charge is 2.27. The van der Waals surface area contributed by atoms with Crippen molar-refractivity contribution >= 4 is 33.4 Å². The lowest BCUT2D eigenvalue weighted by Crippen LogP contribution is -2.40. The zero-order chi connectivity index (χ0) is 20.6. The number of morpholine rings is 1. The number of esters is 2. The number of sulfonamides is 1. The number of rotatable bonds is 8. The molecule has 0 unspecified atom stereocenters. The first-order chi connectivity index (χ1) is 13.4. The van der Waals surface area contributed by atoms with Crippen molar-refractivity contribution in [1.82, 2.24) is 4.31 Å². The van der Waals surface area contributed by atoms with Crippen LogP contribution in [0, 0.1) is 0 Å². The average Bonchev–Trinajstić information content (AvgIpc) is 2.69. The van der Waals surface area contributed by atoms with Gasteiger partial charge in [-0.25, -0.2) is 18.0 Å². The molecule has 0 amide bonds. The predicted octanol–water partition coefficient (Wildman–Crippen LogP) is 0.602. The highest BCUT2D eigenvalue weighted by atomic mass is 32.2. The van der Waals surface area contributed by atoms with Crippen molar-refractivity contribution in [3.63, 3.8) is 0 Å². The summed E-state index contributed by atoms with van der Waals surface area (Å²) in [5.74, 6) is -1.88. The molecule has 1 aromatic rings. The Labute approximate surface area is 163 Å². The third-order valence-electron chi connectivity index (χ3n) is 3.68. The third-order valence-corrected chi connectivity index (χ3v) is 5.57. The van der Waals surface area contributed by atoms with E-state index in [1.165, 1.54) is 22.5 Å². The highest BCUT2D eigenvalue weighted by Crippen LogP contribution is 2.20. The highest BCUT2D eigenvalue weighted by molar-refractivity contribution is 7.89. The maximum atomic E-state index is 12.7. The summed E-state index contributed by atoms with van der Waals surface area (Å²) >= 11 is 0. The van der Waals surface area contributed by atoms with Gasteiger partial charge >= 0.3 is 11.9 Å². The van der Waals surface area contributed by atoms with Crippen molar-refractivity contribution in [3.05, 3.63) is 24.3 Å². The summed E-state index contributed by atoms with van der Waals surface area (Å²) in [6.07, 6.45) is 0. The Morgan fingerprint density at radius 2 is 1.75 bits per heavy atom. The summed E-state index contributed by atoms with van der Waals surface area (Å²) in [5, 5.41) is 3.76. The van der Waals surface area contributed by atoms with Crippen LogP contribution in [0.15, 0.2) is 34.3 Å². The fourth-order valence-corrected chi connectivity index (χ4v) is 3.81. The Hall–Kier alpha value is -2.50. The molecule has 1 N–H and O–H groups in total. The topological polar surface area (TPSA) is 124 Å². The second kappa shape index (κ2) is 10.2. The van der Waals surface area contributed by atoms with E-state index in [0.717, 1.165) is 0 Å². The Morgan fingerprint density at radius 1 is 1.14 bits per heavy atom. The van der Waals surface area contributed by atoms with Gasteiger partial charge in [0, 0.05) is 13.1 Å². The minimum atomic E-state index is -3.69. The normalized spacial score (nSPS) is 14.8. The molecule has 1 saturated heterocycles. The molecule has 1 aliphatic rings. The molecule has 28 heavy (non-hydrogen) atoms. The summed E-state index contributed by atoms with van der Waals surface area (Å²) in [4.78, 5) is 23.9. The van der Waals surface area contributed by atoms with Crippen LogP contribution in [0.3, 0.4) is 0 Å². The number of hydrogen-bond donors (Lipinski definition) is 1. The molecule has 11 heteroatoms. The Kier molecular flexibility index (Phi) is 7.91. The molecule has 0 saturated carbocycles. The molecule has 154 valence electrons. The van der Waals surface area contributed by atoms with Gasteiger partial charge in [0.25, 0.3) is 5.71 Å². The maximum Gasteiger partial charge on any atom is 0.366 e. The molecule has 0 aliphatic carbocycles. The molecule has 1 fully saturated rings. The van der Waals surface area contributed by atoms with Gasteiger partial charge in [0.15, 0.2) is 0 Å². The van der Waals surface area contributed by atoms with E-state index in [1.54, 1.807) is 19.9 Å². The monoisotopic (exact) mass is 413 g/mol. The summed E-state index contributed by atoms with van der Waals surface area (Å²) in [6.45, 7) is 4.52. The van der Waals surface area contributed by atoms with Crippen LogP contribution in [-0.2, 0) is 33.8 Å². The molecule has 0 atom stereocenters. The van der Waals surface area contributed by atoms with Crippen LogP contribution in [0.5, 0.6) is 0 Å². The lowest BCUT2D eigenvalue weighted by Gasteiger charge is -2.26. The van der Waals surface area contributed by atoms with Gasteiger partial charge in [-0.15, -0.1) is 0 Å². The maximum absolute atomic E-state index is 12.7. The zero-order valence-corrected chi connectivity index (χ0v) is 16.5. The van der Waals surface area contributed by atoms with Gasteiger partial charge in [-0.3, -0.25) is 5.43 Å². The Bertz CT molecular complexity index is 813. The van der Waals surface area contributed by atoms with Crippen LogP contribution in [0.4, 0.5) is 5.69 Å². The van der Waals surface area contributed by atoms with Crippen molar-refractivity contribution in [1.29, 1.82) is 0 Å². The molecule has 1 aromatic carbocycles. The molecule has 10 nitrogen and oxygen atoms in total. The number of hydrazone groups is 1. The van der Waals surface area contributed by atoms with Crippen LogP contribution in [-0.4, -0.2) is 69.9 Å². The van der Waals surface area contributed by atoms with E-state index in [1.807, 2.05) is 0 Å². The van der Waals surface area contributed by atoms with E-state index in [2.05, 4.69) is 10.5 Å². The number of hydrogen-bond acceptors (Lipinski definition) is 9. The summed E-state index contributed by atoms with van der Waals surface area (Å²) < 4.78 is 41.5. The SMILES string of the molecule is CCOC(=O)C(=NNc1cccc(S(=O)(=O)N2CCOCC2)c1)C(=O)OCC. The quantitative estimate of drug-likeness (QED) is 0.284. The van der Waals surface area contributed by atoms with E-state index in [0.29, 0.717) is 13.2 Å². The van der Waals surface area contributed by atoms with Crippen LogP contribution in [0.2, 0.25) is 0 Å². The van der Waals surface area contributed by atoms with Gasteiger partial charge < -0.3 is 14.2 Å². The first-order valence-electron chi connectivity index (χ1n) is 8.76. The molecular formula is C17H23N3O7S. The van der Waals surface area contributed by atoms with E-state index in [9.17, 15) is 18.0 Å². The van der Waals surface area contributed by atoms with Crippen molar-refractivity contribution in [2.45, 2.75) is 18.7 Å². The summed E-state index contributed by atoms with van der Waals surface area (Å²) in [5.41, 5.74) is 2.23. The molecule has 0 bridgehead atoms. The lowest BCUT2D eigenvalue weighted by molar-refractivity contribution is -0.140. The van der Waals surface area contributed by atoms with E-state index >= 15 is 0 Å². The molecule has 1 aliphatic heterocycles. The largest absolute Gasteiger partial charge is 0.461 e. The Morgan fingerprint density at radius 3 is 2.32 bits per heavy atom. The van der Waals surface area contributed by atoms with Gasteiger partial charge in [-0.1, -0.05) is 6.07 Å². The molecular weight excluding hydrogens is 390 g/mol. The van der Waals surface area contributed by atoms with Crippen LogP contribution in [0.25, 0.3) is 0 Å². The fourth-order valence-electron chi connectivity index (χ4n) is 2.36. The van der Waals surface area contributed by atoms with Gasteiger partial charge in [0.05, 0.1) is 37.0 Å². The summed E-state index contributed by atoms with van der Waals surface area (Å²) in [6, 6.07) is 5.90. The zero-order valence-electron chi connectivity index (χ0n) is 15.7. The third kappa shape index (κ3) is 5.50. The predicted molar refractivity (Wildman–Crippen MR) is 100 cm³/mol. The molecule has 0 spiro atoms. The molecule has 2 rings (SSSR count). The standard InChI is InChI=1S/C17H23N3O7S/c1-3-26-16(21)15(17(22)27-4-2)19-18-13-6-5-7-14(12-13)28(23,24)20-8-10-25-11-9-20/h5-7,12,18H,3-4,8-11H2,1-2H3. The number of benzene rings is 1. The first-order valence-corrected chi connectivity index (χ1v) is 10.2. The van der Waals surface area contributed by atoms with E-state index in [4.69, 9.17) is 14.2 Å². The van der Waals surface area contributed by atoms with Crippen molar-refractivity contribution < 1.29 is 32.2 Å². The van der Waals surface area contributed by atoms with Crippen molar-refractivity contribution in [3.8, 4) is 0 Å². The van der Waals surface area contributed by atoms with Gasteiger partial charge in [0.1, 0.15) is 0 Å². The summed E-state index contributed by atoms with van der Waals surface area (Å²) in [7, 11) is -3.69. The van der Waals surface area contributed by atoms with E-state index < -0.39 is 27.7 Å². The number of nitrogens with one attached hydrogen (secondary N) is 1. The van der Waals surface area contributed by atoms with Crippen LogP contribution < -0.4 is 5.43 Å². The Balaban J connectivity index is 2.23. The number of nitrogens with zero attached hydrogens (tertiary/aromatic N) is 2. The fraction of sp³-hybridized carbons (Fsp3) is 0.471. The minimum absolute atomic E-state index is 0.0587. The number of ether oxygens (including phenoxy) is 3. The second-order valence-corrected chi connectivity index (χ2v) is 7.50. The molecule has 0 radical (unpaired) electrons. The van der Waals surface area contributed by atoms with Gasteiger partial charge in [0.2, 0.25) is 10.0 Å². The number of anilines is 1. The van der Waals surface area contributed by atoms with Crippen LogP contribution in [0.1, 0.15) is 13.8 Å². The second-order valence-electron chi connectivity index (χ2n) is 5.56. The lowest BCUT2D eigenvalue weighted by atomic mass is 10.3. The number of carbonyl (C=O) groups is 2. The van der Waals surface area contributed by atoms with Gasteiger partial charge in [-0.05, 0) is 32.0 Å². The number of carbonyl (C=O) groups excluding carboxylic acids is 2. The molecule has 0 aromatic heterocycles. The average molecular weight is 413 g/mol. The van der Waals surface area contributed by atoms with Crippen LogP contribution >= 0.6 is 0 Å². The molecule has 1 heterocycles. The van der Waals surface area contributed by atoms with Gasteiger partial charge in [-0.2, -0.15) is 9.41 Å². The first kappa shape index (κ1) is 21.8. The van der Waals surface area contributed by atoms with E-state index in [-0.39, 0.29) is 36.9 Å². The van der Waals surface area contributed by atoms with Crippen molar-refractivity contribution in [2.24, 2.45) is 5.10 Å². The smallest absolute Gasteiger partial charge is 0.366 e.